The molecule has 35 heavy (non-hydrogen) atoms. The smallest absolute Gasteiger partial charge is 0.345 e. The van der Waals surface area contributed by atoms with Crippen LogP contribution < -0.4 is 5.32 Å². The average Bonchev–Trinajstić information content (AvgIpc) is 3.38. The lowest BCUT2D eigenvalue weighted by Gasteiger charge is -2.32. The Balaban J connectivity index is 1.36. The van der Waals surface area contributed by atoms with Crippen LogP contribution in [0.5, 0.6) is 0 Å². The van der Waals surface area contributed by atoms with E-state index in [9.17, 15) is 14.7 Å². The first-order chi connectivity index (χ1) is 16.9. The molecule has 0 aliphatic carbocycles. The van der Waals surface area contributed by atoms with Gasteiger partial charge in [0, 0.05) is 61.8 Å². The lowest BCUT2D eigenvalue weighted by molar-refractivity contribution is -0.134. The molecule has 2 aliphatic heterocycles. The average molecular weight is 474 g/mol. The number of aryl methyl sites for hydroxylation is 1. The molecule has 0 unspecified atom stereocenters. The van der Waals surface area contributed by atoms with Crippen LogP contribution in [-0.2, 0) is 20.9 Å². The molecule has 2 aliphatic rings. The number of nitrogens with one attached hydrogen (secondary N) is 2. The number of rotatable bonds is 6. The Kier molecular flexibility index (Phi) is 6.10. The van der Waals surface area contributed by atoms with Crippen LogP contribution >= 0.6 is 0 Å². The number of allylic oxidation sites excluding steroid dienone is 1. The van der Waals surface area contributed by atoms with Gasteiger partial charge in [-0.1, -0.05) is 12.1 Å². The van der Waals surface area contributed by atoms with E-state index in [1.165, 1.54) is 11.6 Å². The van der Waals surface area contributed by atoms with Crippen LogP contribution in [0.25, 0.3) is 17.1 Å². The van der Waals surface area contributed by atoms with Gasteiger partial charge in [0.05, 0.1) is 0 Å². The summed E-state index contributed by atoms with van der Waals surface area (Å²) >= 11 is 0. The van der Waals surface area contributed by atoms with Crippen LogP contribution in [0.1, 0.15) is 16.7 Å². The molecule has 0 atom stereocenters. The number of nitrogens with zero attached hydrogens (tertiary/aromatic N) is 3. The number of carbonyl (C=O) groups excluding carboxylic acids is 1. The summed E-state index contributed by atoms with van der Waals surface area (Å²) in [4.78, 5) is 36.8. The topological polar surface area (TPSA) is 111 Å². The van der Waals surface area contributed by atoms with E-state index in [2.05, 4.69) is 38.2 Å². The zero-order valence-corrected chi connectivity index (χ0v) is 19.7. The van der Waals surface area contributed by atoms with Gasteiger partial charge < -0.3 is 25.0 Å². The number of hydrogen-bond acceptors (Lipinski definition) is 7. The number of aliphatic carboxylic acids is 1. The normalized spacial score (nSPS) is 18.5. The molecule has 3 aromatic rings. The Morgan fingerprint density at radius 3 is 2.80 bits per heavy atom. The van der Waals surface area contributed by atoms with Crippen molar-refractivity contribution in [1.82, 2.24) is 19.8 Å². The van der Waals surface area contributed by atoms with Crippen LogP contribution in [-0.4, -0.2) is 69.9 Å². The van der Waals surface area contributed by atoms with E-state index in [-0.39, 0.29) is 11.6 Å². The zero-order chi connectivity index (χ0) is 24.5. The van der Waals surface area contributed by atoms with Gasteiger partial charge in [-0.25, -0.2) is 9.78 Å². The fourth-order valence-electron chi connectivity index (χ4n) is 4.40. The van der Waals surface area contributed by atoms with Crippen molar-refractivity contribution in [2.24, 2.45) is 0 Å². The lowest BCUT2D eigenvalue weighted by Crippen LogP contribution is -2.43. The maximum atomic E-state index is 12.9. The van der Waals surface area contributed by atoms with Gasteiger partial charge in [-0.3, -0.25) is 9.69 Å². The Hall–Kier alpha value is -3.95. The minimum atomic E-state index is -1.34. The van der Waals surface area contributed by atoms with Crippen LogP contribution in [0.3, 0.4) is 0 Å². The summed E-state index contributed by atoms with van der Waals surface area (Å²) in [6, 6.07) is 9.64. The fourth-order valence-corrected chi connectivity index (χ4v) is 4.40. The maximum Gasteiger partial charge on any atom is 0.345 e. The summed E-state index contributed by atoms with van der Waals surface area (Å²) in [5, 5.41) is 13.5. The van der Waals surface area contributed by atoms with Gasteiger partial charge in [-0.05, 0) is 49.4 Å². The standard InChI is InChI=1S/C26H27N5O4/c1-16-12-17(15-31-10-8-30(2)9-11-31)5-6-20(16)29-25-22(26(33)34)23(32)21(35-25)13-18-14-28-24-19(18)4-3-7-27-24/h3-7,12-14,29H,8-11,15H2,1-2H3,(H,27,28)(H,33,34). The summed E-state index contributed by atoms with van der Waals surface area (Å²) in [6.07, 6.45) is 4.90. The van der Waals surface area contributed by atoms with Gasteiger partial charge in [0.2, 0.25) is 11.7 Å². The van der Waals surface area contributed by atoms with Crippen molar-refractivity contribution in [3.63, 3.8) is 0 Å². The third kappa shape index (κ3) is 4.68. The van der Waals surface area contributed by atoms with Crippen molar-refractivity contribution in [2.45, 2.75) is 13.5 Å². The Morgan fingerprint density at radius 1 is 1.26 bits per heavy atom. The first kappa shape index (κ1) is 22.8. The van der Waals surface area contributed by atoms with E-state index in [0.29, 0.717) is 16.9 Å². The van der Waals surface area contributed by atoms with Crippen molar-refractivity contribution in [3.05, 3.63) is 76.6 Å². The summed E-state index contributed by atoms with van der Waals surface area (Å²) in [5.74, 6) is -2.16. The van der Waals surface area contributed by atoms with Crippen LogP contribution in [0.4, 0.5) is 5.69 Å². The molecule has 9 heteroatoms. The molecule has 2 aromatic heterocycles. The quantitative estimate of drug-likeness (QED) is 0.370. The van der Waals surface area contributed by atoms with E-state index in [1.807, 2.05) is 25.1 Å². The number of Topliss-reactive ketones (excluding diaryl/α,β-unsaturated/α-hetero) is 1. The Labute approximate surface area is 202 Å². The second kappa shape index (κ2) is 9.36. The van der Waals surface area contributed by atoms with Crippen molar-refractivity contribution >= 4 is 34.5 Å². The molecule has 0 bridgehead atoms. The highest BCUT2D eigenvalue weighted by atomic mass is 16.5. The first-order valence-corrected chi connectivity index (χ1v) is 11.5. The number of carbonyl (C=O) groups is 2. The first-order valence-electron chi connectivity index (χ1n) is 11.5. The molecule has 0 radical (unpaired) electrons. The van der Waals surface area contributed by atoms with Gasteiger partial charge in [-0.15, -0.1) is 0 Å². The highest BCUT2D eigenvalue weighted by molar-refractivity contribution is 6.26. The number of pyridine rings is 1. The summed E-state index contributed by atoms with van der Waals surface area (Å²) in [7, 11) is 2.14. The maximum absolute atomic E-state index is 12.9. The molecule has 1 fully saturated rings. The minimum Gasteiger partial charge on any atom is -0.477 e. The molecule has 5 rings (SSSR count). The van der Waals surface area contributed by atoms with Crippen molar-refractivity contribution in [1.29, 1.82) is 0 Å². The van der Waals surface area contributed by atoms with E-state index in [4.69, 9.17) is 4.74 Å². The van der Waals surface area contributed by atoms with E-state index in [1.54, 1.807) is 18.5 Å². The number of ketones is 1. The number of anilines is 1. The molecule has 1 saturated heterocycles. The van der Waals surface area contributed by atoms with Gasteiger partial charge in [0.1, 0.15) is 5.65 Å². The Bertz CT molecular complexity index is 1370. The highest BCUT2D eigenvalue weighted by Gasteiger charge is 2.36. The largest absolute Gasteiger partial charge is 0.477 e. The molecule has 9 nitrogen and oxygen atoms in total. The Morgan fingerprint density at radius 2 is 2.06 bits per heavy atom. The van der Waals surface area contributed by atoms with Gasteiger partial charge >= 0.3 is 5.97 Å². The number of ether oxygens (including phenoxy) is 1. The minimum absolute atomic E-state index is 0.0565. The summed E-state index contributed by atoms with van der Waals surface area (Å²) in [5.41, 5.74) is 3.74. The van der Waals surface area contributed by atoms with Gasteiger partial charge in [-0.2, -0.15) is 0 Å². The molecule has 1 aromatic carbocycles. The summed E-state index contributed by atoms with van der Waals surface area (Å²) in [6.45, 7) is 6.98. The van der Waals surface area contributed by atoms with E-state index < -0.39 is 17.3 Å². The molecule has 4 heterocycles. The molecule has 180 valence electrons. The third-order valence-electron chi connectivity index (χ3n) is 6.41. The molecular formula is C26H27N5O4. The highest BCUT2D eigenvalue weighted by Crippen LogP contribution is 2.30. The molecular weight excluding hydrogens is 446 g/mol. The molecule has 0 amide bonds. The molecule has 0 saturated carbocycles. The number of hydrogen-bond donors (Lipinski definition) is 3. The predicted molar refractivity (Wildman–Crippen MR) is 132 cm³/mol. The van der Waals surface area contributed by atoms with Crippen LogP contribution in [0.2, 0.25) is 0 Å². The van der Waals surface area contributed by atoms with Gasteiger partial charge in [0.25, 0.3) is 0 Å². The monoisotopic (exact) mass is 473 g/mol. The number of fused-ring (bicyclic) bond motifs is 1. The number of carboxylic acids is 1. The van der Waals surface area contributed by atoms with E-state index in [0.717, 1.165) is 43.7 Å². The summed E-state index contributed by atoms with van der Waals surface area (Å²) < 4.78 is 5.74. The van der Waals surface area contributed by atoms with Crippen molar-refractivity contribution in [2.75, 3.05) is 38.5 Å². The van der Waals surface area contributed by atoms with Crippen LogP contribution in [0.15, 0.2) is 59.9 Å². The SMILES string of the molecule is Cc1cc(CN2CCN(C)CC2)ccc1NC1=C(C(=O)O)C(=O)C(=Cc2c[nH]c3ncccc23)O1. The number of carboxylic acid groups (broad SMARTS) is 1. The van der Waals surface area contributed by atoms with Gasteiger partial charge in [0.15, 0.2) is 11.3 Å². The number of aromatic nitrogens is 2. The number of benzene rings is 1. The van der Waals surface area contributed by atoms with Crippen LogP contribution in [0, 0.1) is 6.92 Å². The fraction of sp³-hybridized carbons (Fsp3) is 0.269. The number of aromatic amines is 1. The van der Waals surface area contributed by atoms with E-state index >= 15 is 0 Å². The molecule has 3 N–H and O–H groups in total. The third-order valence-corrected chi connectivity index (χ3v) is 6.41. The predicted octanol–water partition coefficient (Wildman–Crippen LogP) is 2.97. The zero-order valence-electron chi connectivity index (χ0n) is 19.7. The number of piperazine rings is 1. The lowest BCUT2D eigenvalue weighted by atomic mass is 10.1. The molecule has 0 spiro atoms. The number of likely N-dealkylation sites (N-methyl/N-ethyl adjacent to an activating group) is 1. The van der Waals surface area contributed by atoms with Crippen molar-refractivity contribution < 1.29 is 19.4 Å². The van der Waals surface area contributed by atoms with Crippen molar-refractivity contribution in [3.8, 4) is 0 Å². The second-order valence-corrected chi connectivity index (χ2v) is 8.95. The second-order valence-electron chi connectivity index (χ2n) is 8.95. The number of H-pyrrole nitrogens is 1.